The molecule has 1 heterocycles. The second-order valence-corrected chi connectivity index (χ2v) is 7.40. The molecule has 3 rings (SSSR count). The first kappa shape index (κ1) is 22.5. The fourth-order valence-corrected chi connectivity index (χ4v) is 3.57. The average molecular weight is 425 g/mol. The number of hydrogen-bond acceptors (Lipinski definition) is 4. The summed E-state index contributed by atoms with van der Waals surface area (Å²) in [6.45, 7) is 4.81. The molecule has 0 saturated carbocycles. The van der Waals surface area contributed by atoms with E-state index >= 15 is 0 Å². The molecule has 1 amide bonds. The lowest BCUT2D eigenvalue weighted by atomic mass is 10.1. The highest BCUT2D eigenvalue weighted by Crippen LogP contribution is 2.30. The van der Waals surface area contributed by atoms with Crippen molar-refractivity contribution in [2.24, 2.45) is 4.99 Å². The summed E-state index contributed by atoms with van der Waals surface area (Å²) in [4.78, 5) is 18.8. The minimum atomic E-state index is 0.126. The summed E-state index contributed by atoms with van der Waals surface area (Å²) in [7, 11) is 3.35. The Balaban J connectivity index is 1.57. The SMILES string of the molecule is CCOc1cc(NC(=NC)NCc2ccc(C(=O)N3CCCCC3)cc2)ccc1OC. The minimum absolute atomic E-state index is 0.126. The molecule has 1 fully saturated rings. The maximum absolute atomic E-state index is 12.6. The van der Waals surface area contributed by atoms with E-state index < -0.39 is 0 Å². The van der Waals surface area contributed by atoms with Gasteiger partial charge in [0.25, 0.3) is 5.91 Å². The molecule has 0 atom stereocenters. The van der Waals surface area contributed by atoms with Crippen LogP contribution in [0.5, 0.6) is 11.5 Å². The normalized spacial score (nSPS) is 14.2. The highest BCUT2D eigenvalue weighted by molar-refractivity contribution is 5.95. The van der Waals surface area contributed by atoms with E-state index in [4.69, 9.17) is 9.47 Å². The van der Waals surface area contributed by atoms with Crippen LogP contribution in [-0.2, 0) is 6.54 Å². The number of ether oxygens (including phenoxy) is 2. The molecule has 0 aromatic heterocycles. The zero-order chi connectivity index (χ0) is 22.1. The van der Waals surface area contributed by atoms with E-state index in [1.54, 1.807) is 14.2 Å². The Kier molecular flexibility index (Phi) is 8.15. The molecular formula is C24H32N4O3. The van der Waals surface area contributed by atoms with E-state index in [1.807, 2.05) is 54.3 Å². The molecule has 1 aliphatic rings. The summed E-state index contributed by atoms with van der Waals surface area (Å²) in [5.74, 6) is 2.14. The summed E-state index contributed by atoms with van der Waals surface area (Å²) in [6.07, 6.45) is 3.41. The Hall–Kier alpha value is -3.22. The number of likely N-dealkylation sites (tertiary alicyclic amines) is 1. The number of amides is 1. The third kappa shape index (κ3) is 6.13. The van der Waals surface area contributed by atoms with Crippen LogP contribution in [-0.4, -0.2) is 50.6 Å². The van der Waals surface area contributed by atoms with Gasteiger partial charge in [0.05, 0.1) is 13.7 Å². The van der Waals surface area contributed by atoms with Crippen LogP contribution in [0, 0.1) is 0 Å². The largest absolute Gasteiger partial charge is 0.493 e. The fourth-order valence-electron chi connectivity index (χ4n) is 3.57. The number of nitrogens with one attached hydrogen (secondary N) is 2. The molecule has 2 aromatic carbocycles. The molecule has 31 heavy (non-hydrogen) atoms. The van der Waals surface area contributed by atoms with Gasteiger partial charge in [0.15, 0.2) is 17.5 Å². The Morgan fingerprint density at radius 1 is 1.06 bits per heavy atom. The van der Waals surface area contributed by atoms with E-state index in [-0.39, 0.29) is 5.91 Å². The molecule has 1 saturated heterocycles. The molecule has 0 radical (unpaired) electrons. The third-order valence-electron chi connectivity index (χ3n) is 5.25. The van der Waals surface area contributed by atoms with Gasteiger partial charge in [-0.15, -0.1) is 0 Å². The van der Waals surface area contributed by atoms with Crippen LogP contribution in [0.2, 0.25) is 0 Å². The molecule has 0 aliphatic carbocycles. The summed E-state index contributed by atoms with van der Waals surface area (Å²) >= 11 is 0. The number of aliphatic imine (C=N–C) groups is 1. The topological polar surface area (TPSA) is 75.2 Å². The van der Waals surface area contributed by atoms with E-state index in [0.29, 0.717) is 30.6 Å². The Morgan fingerprint density at radius 3 is 2.45 bits per heavy atom. The summed E-state index contributed by atoms with van der Waals surface area (Å²) in [6, 6.07) is 13.4. The van der Waals surface area contributed by atoms with Gasteiger partial charge in [-0.1, -0.05) is 12.1 Å². The Labute approximate surface area is 184 Å². The second kappa shape index (κ2) is 11.2. The third-order valence-corrected chi connectivity index (χ3v) is 5.25. The standard InChI is InChI=1S/C24H32N4O3/c1-4-31-22-16-20(12-13-21(22)30-3)27-24(25-2)26-17-18-8-10-19(11-9-18)23(29)28-14-6-5-7-15-28/h8-13,16H,4-7,14-15,17H2,1-3H3,(H2,25,26,27). The van der Waals surface area contributed by atoms with Gasteiger partial charge in [0, 0.05) is 44.0 Å². The van der Waals surface area contributed by atoms with Crippen LogP contribution in [0.25, 0.3) is 0 Å². The number of guanidine groups is 1. The number of benzene rings is 2. The lowest BCUT2D eigenvalue weighted by Gasteiger charge is -2.26. The number of carbonyl (C=O) groups is 1. The molecule has 7 heteroatoms. The van der Waals surface area contributed by atoms with Crippen molar-refractivity contribution < 1.29 is 14.3 Å². The fraction of sp³-hybridized carbons (Fsp3) is 0.417. The van der Waals surface area contributed by atoms with Crippen molar-refractivity contribution in [3.8, 4) is 11.5 Å². The number of hydrogen-bond donors (Lipinski definition) is 2. The summed E-state index contributed by atoms with van der Waals surface area (Å²) < 4.78 is 11.0. The predicted molar refractivity (Wildman–Crippen MR) is 124 cm³/mol. The van der Waals surface area contributed by atoms with E-state index in [2.05, 4.69) is 15.6 Å². The molecule has 1 aliphatic heterocycles. The highest BCUT2D eigenvalue weighted by atomic mass is 16.5. The molecule has 2 aromatic rings. The number of methoxy groups -OCH3 is 1. The van der Waals surface area contributed by atoms with Gasteiger partial charge in [-0.2, -0.15) is 0 Å². The zero-order valence-corrected chi connectivity index (χ0v) is 18.6. The predicted octanol–water partition coefficient (Wildman–Crippen LogP) is 3.91. The zero-order valence-electron chi connectivity index (χ0n) is 18.6. The van der Waals surface area contributed by atoms with Crippen LogP contribution in [0.1, 0.15) is 42.1 Å². The Morgan fingerprint density at radius 2 is 1.81 bits per heavy atom. The molecule has 166 valence electrons. The molecule has 7 nitrogen and oxygen atoms in total. The van der Waals surface area contributed by atoms with E-state index in [0.717, 1.165) is 42.7 Å². The maximum atomic E-state index is 12.6. The van der Waals surface area contributed by atoms with Gasteiger partial charge in [0.2, 0.25) is 0 Å². The van der Waals surface area contributed by atoms with Crippen LogP contribution < -0.4 is 20.1 Å². The monoisotopic (exact) mass is 424 g/mol. The van der Waals surface area contributed by atoms with Crippen molar-refractivity contribution in [2.45, 2.75) is 32.7 Å². The van der Waals surface area contributed by atoms with E-state index in [9.17, 15) is 4.79 Å². The van der Waals surface area contributed by atoms with Gasteiger partial charge < -0.3 is 25.0 Å². The van der Waals surface area contributed by atoms with Crippen molar-refractivity contribution in [3.63, 3.8) is 0 Å². The smallest absolute Gasteiger partial charge is 0.253 e. The van der Waals surface area contributed by atoms with Crippen molar-refractivity contribution in [1.29, 1.82) is 0 Å². The van der Waals surface area contributed by atoms with Crippen LogP contribution in [0.3, 0.4) is 0 Å². The van der Waals surface area contributed by atoms with Gasteiger partial charge in [0.1, 0.15) is 0 Å². The van der Waals surface area contributed by atoms with E-state index in [1.165, 1.54) is 6.42 Å². The van der Waals surface area contributed by atoms with Crippen molar-refractivity contribution >= 4 is 17.6 Å². The average Bonchev–Trinajstić information content (AvgIpc) is 2.82. The summed E-state index contributed by atoms with van der Waals surface area (Å²) in [5, 5.41) is 6.56. The lowest BCUT2D eigenvalue weighted by Crippen LogP contribution is -2.35. The number of piperidine rings is 1. The Bertz CT molecular complexity index is 890. The second-order valence-electron chi connectivity index (χ2n) is 7.40. The first-order chi connectivity index (χ1) is 15.1. The van der Waals surface area contributed by atoms with Gasteiger partial charge in [-0.25, -0.2) is 0 Å². The first-order valence-electron chi connectivity index (χ1n) is 10.8. The molecule has 0 spiro atoms. The van der Waals surface area contributed by atoms with Crippen molar-refractivity contribution in [1.82, 2.24) is 10.2 Å². The quantitative estimate of drug-likeness (QED) is 0.521. The molecule has 2 N–H and O–H groups in total. The van der Waals surface area contributed by atoms with Gasteiger partial charge in [-0.05, 0) is 56.0 Å². The number of rotatable bonds is 7. The number of carbonyl (C=O) groups excluding carboxylic acids is 1. The number of nitrogens with zero attached hydrogens (tertiary/aromatic N) is 2. The lowest BCUT2D eigenvalue weighted by molar-refractivity contribution is 0.0724. The van der Waals surface area contributed by atoms with Crippen LogP contribution in [0.4, 0.5) is 5.69 Å². The summed E-state index contributed by atoms with van der Waals surface area (Å²) in [5.41, 5.74) is 2.66. The molecular weight excluding hydrogens is 392 g/mol. The molecule has 0 unspecified atom stereocenters. The van der Waals surface area contributed by atoms with Gasteiger partial charge in [-0.3, -0.25) is 9.79 Å². The first-order valence-corrected chi connectivity index (χ1v) is 10.8. The maximum Gasteiger partial charge on any atom is 0.253 e. The molecule has 0 bridgehead atoms. The van der Waals surface area contributed by atoms with Crippen molar-refractivity contribution in [3.05, 3.63) is 53.6 Å². The van der Waals surface area contributed by atoms with Gasteiger partial charge >= 0.3 is 0 Å². The highest BCUT2D eigenvalue weighted by Gasteiger charge is 2.17. The number of anilines is 1. The van der Waals surface area contributed by atoms with Crippen LogP contribution >= 0.6 is 0 Å². The van der Waals surface area contributed by atoms with Crippen LogP contribution in [0.15, 0.2) is 47.5 Å². The minimum Gasteiger partial charge on any atom is -0.493 e. The van der Waals surface area contributed by atoms with Crippen molar-refractivity contribution in [2.75, 3.05) is 39.2 Å².